The van der Waals surface area contributed by atoms with Crippen LogP contribution in [0.15, 0.2) is 24.3 Å². The number of aryl methyl sites for hydroxylation is 1. The monoisotopic (exact) mass is 409 g/mol. The van der Waals surface area contributed by atoms with Crippen LogP contribution < -0.4 is 16.0 Å². The minimum absolute atomic E-state index is 0.178. The molecule has 0 unspecified atom stereocenters. The second kappa shape index (κ2) is 8.56. The molecule has 0 heterocycles. The predicted octanol–water partition coefficient (Wildman–Crippen LogP) is 4.53. The molecule has 3 N–H and O–H groups in total. The van der Waals surface area contributed by atoms with E-state index in [0.29, 0.717) is 6.42 Å². The summed E-state index contributed by atoms with van der Waals surface area (Å²) in [6, 6.07) is 7.66. The van der Waals surface area contributed by atoms with E-state index >= 15 is 0 Å². The average Bonchev–Trinajstić information content (AvgIpc) is 2.34. The second-order valence-corrected chi connectivity index (χ2v) is 9.52. The Balaban J connectivity index is 2.72. The number of anilines is 1. The maximum atomic E-state index is 12.1. The van der Waals surface area contributed by atoms with Crippen LogP contribution in [0, 0.1) is 12.3 Å². The molecule has 0 aromatic heterocycles. The maximum Gasteiger partial charge on any atom is 0.228 e. The lowest BCUT2D eigenvalue weighted by Crippen LogP contribution is -2.56. The molecule has 134 valence electrons. The van der Waals surface area contributed by atoms with Crippen LogP contribution in [0.3, 0.4) is 0 Å². The molecule has 0 aliphatic rings. The number of hydrogen-bond donors (Lipinski definition) is 3. The zero-order valence-electron chi connectivity index (χ0n) is 14.0. The summed E-state index contributed by atoms with van der Waals surface area (Å²) in [5.74, 6) is -0.232. The molecular formula is C16H22Cl3N3OS. The highest BCUT2D eigenvalue weighted by atomic mass is 35.6. The van der Waals surface area contributed by atoms with E-state index in [4.69, 9.17) is 47.0 Å². The average molecular weight is 411 g/mol. The molecule has 0 aliphatic heterocycles. The first-order chi connectivity index (χ1) is 10.9. The van der Waals surface area contributed by atoms with E-state index in [9.17, 15) is 4.79 Å². The van der Waals surface area contributed by atoms with Crippen molar-refractivity contribution < 1.29 is 4.79 Å². The molecule has 0 saturated heterocycles. The van der Waals surface area contributed by atoms with Crippen LogP contribution in [0.4, 0.5) is 5.69 Å². The maximum absolute atomic E-state index is 12.1. The van der Waals surface area contributed by atoms with Gasteiger partial charge >= 0.3 is 0 Å². The van der Waals surface area contributed by atoms with Crippen LogP contribution in [0.25, 0.3) is 0 Å². The molecule has 1 aromatic carbocycles. The topological polar surface area (TPSA) is 53.2 Å². The lowest BCUT2D eigenvalue weighted by Gasteiger charge is -2.29. The highest BCUT2D eigenvalue weighted by Crippen LogP contribution is 2.29. The van der Waals surface area contributed by atoms with E-state index in [-0.39, 0.29) is 16.4 Å². The summed E-state index contributed by atoms with van der Waals surface area (Å²) >= 11 is 23.1. The number of thiocarbonyl (C=S) groups is 1. The van der Waals surface area contributed by atoms with Crippen molar-refractivity contribution in [2.75, 3.05) is 5.32 Å². The third-order valence-electron chi connectivity index (χ3n) is 2.87. The Hall–Kier alpha value is -0.750. The standard InChI is InChI=1S/C16H22Cl3N3OS/c1-10-6-5-7-11(8-10)20-14(24)22-13(16(17,18)19)21-12(23)9-15(2,3)4/h5-8,13H,9H2,1-4H3,(H,21,23)(H2,20,22,24)/t13-/m0/s1. The third-order valence-corrected chi connectivity index (χ3v) is 3.75. The Morgan fingerprint density at radius 3 is 2.33 bits per heavy atom. The number of carbonyl (C=O) groups excluding carboxylic acids is 1. The predicted molar refractivity (Wildman–Crippen MR) is 107 cm³/mol. The number of halogens is 3. The van der Waals surface area contributed by atoms with Crippen molar-refractivity contribution in [1.82, 2.24) is 10.6 Å². The molecule has 1 rings (SSSR count). The fourth-order valence-corrected chi connectivity index (χ4v) is 2.48. The molecular weight excluding hydrogens is 389 g/mol. The molecule has 0 spiro atoms. The third kappa shape index (κ3) is 8.38. The minimum Gasteiger partial charge on any atom is -0.339 e. The van der Waals surface area contributed by atoms with Crippen LogP contribution in [0.1, 0.15) is 32.8 Å². The van der Waals surface area contributed by atoms with E-state index in [2.05, 4.69) is 16.0 Å². The van der Waals surface area contributed by atoms with Crippen molar-refractivity contribution in [3.05, 3.63) is 29.8 Å². The second-order valence-electron chi connectivity index (χ2n) is 6.75. The summed E-state index contributed by atoms with van der Waals surface area (Å²) in [5.41, 5.74) is 1.71. The number of nitrogens with one attached hydrogen (secondary N) is 3. The van der Waals surface area contributed by atoms with Gasteiger partial charge in [0.1, 0.15) is 6.17 Å². The first-order valence-corrected chi connectivity index (χ1v) is 8.91. The zero-order chi connectivity index (χ0) is 18.5. The van der Waals surface area contributed by atoms with Crippen LogP contribution in [-0.2, 0) is 4.79 Å². The fraction of sp³-hybridized carbons (Fsp3) is 0.500. The molecule has 1 aromatic rings. The lowest BCUT2D eigenvalue weighted by atomic mass is 9.92. The molecule has 4 nitrogen and oxygen atoms in total. The Kier molecular flexibility index (Phi) is 7.60. The van der Waals surface area contributed by atoms with Crippen LogP contribution >= 0.6 is 47.0 Å². The van der Waals surface area contributed by atoms with Crippen molar-refractivity contribution >= 4 is 63.7 Å². The number of benzene rings is 1. The molecule has 1 atom stereocenters. The van der Waals surface area contributed by atoms with Gasteiger partial charge in [-0.25, -0.2) is 0 Å². The summed E-state index contributed by atoms with van der Waals surface area (Å²) in [7, 11) is 0. The Morgan fingerprint density at radius 1 is 1.21 bits per heavy atom. The summed E-state index contributed by atoms with van der Waals surface area (Å²) in [5, 5.41) is 8.75. The normalized spacial score (nSPS) is 13.1. The highest BCUT2D eigenvalue weighted by molar-refractivity contribution is 7.80. The van der Waals surface area contributed by atoms with Crippen LogP contribution in [0.5, 0.6) is 0 Å². The smallest absolute Gasteiger partial charge is 0.228 e. The molecule has 1 amide bonds. The van der Waals surface area contributed by atoms with Gasteiger partial charge in [-0.3, -0.25) is 4.79 Å². The van der Waals surface area contributed by atoms with E-state index in [1.165, 1.54) is 0 Å². The number of rotatable bonds is 4. The Morgan fingerprint density at radius 2 is 1.83 bits per heavy atom. The van der Waals surface area contributed by atoms with Gasteiger partial charge in [-0.1, -0.05) is 67.7 Å². The van der Waals surface area contributed by atoms with Crippen molar-refractivity contribution in [3.63, 3.8) is 0 Å². The molecule has 8 heteroatoms. The zero-order valence-corrected chi connectivity index (χ0v) is 17.1. The van der Waals surface area contributed by atoms with Gasteiger partial charge in [0.2, 0.25) is 9.70 Å². The van der Waals surface area contributed by atoms with E-state index in [0.717, 1.165) is 11.3 Å². The van der Waals surface area contributed by atoms with Gasteiger partial charge in [0.15, 0.2) is 5.11 Å². The van der Waals surface area contributed by atoms with Gasteiger partial charge in [-0.2, -0.15) is 0 Å². The fourth-order valence-electron chi connectivity index (χ4n) is 1.91. The number of hydrogen-bond acceptors (Lipinski definition) is 2. The van der Waals surface area contributed by atoms with Gasteiger partial charge in [0.05, 0.1) is 0 Å². The van der Waals surface area contributed by atoms with Crippen molar-refractivity contribution in [1.29, 1.82) is 0 Å². The highest BCUT2D eigenvalue weighted by Gasteiger charge is 2.35. The van der Waals surface area contributed by atoms with Gasteiger partial charge in [-0.05, 0) is 42.3 Å². The van der Waals surface area contributed by atoms with Crippen molar-refractivity contribution in [2.24, 2.45) is 5.41 Å². The van der Waals surface area contributed by atoms with Gasteiger partial charge in [0, 0.05) is 12.1 Å². The SMILES string of the molecule is Cc1cccc(NC(=S)N[C@H](NC(=O)CC(C)(C)C)C(Cl)(Cl)Cl)c1. The Bertz CT molecular complexity index is 597. The quantitative estimate of drug-likeness (QED) is 0.388. The molecule has 0 aliphatic carbocycles. The summed E-state index contributed by atoms with van der Waals surface area (Å²) < 4.78 is -1.76. The first kappa shape index (κ1) is 21.3. The summed E-state index contributed by atoms with van der Waals surface area (Å²) in [6.45, 7) is 7.83. The molecule has 24 heavy (non-hydrogen) atoms. The van der Waals surface area contributed by atoms with Gasteiger partial charge in [-0.15, -0.1) is 0 Å². The van der Waals surface area contributed by atoms with Crippen LogP contribution in [0.2, 0.25) is 0 Å². The van der Waals surface area contributed by atoms with Gasteiger partial charge in [0.25, 0.3) is 0 Å². The van der Waals surface area contributed by atoms with E-state index in [1.54, 1.807) is 0 Å². The van der Waals surface area contributed by atoms with Crippen molar-refractivity contribution in [2.45, 2.75) is 44.1 Å². The van der Waals surface area contributed by atoms with Crippen molar-refractivity contribution in [3.8, 4) is 0 Å². The summed E-state index contributed by atoms with van der Waals surface area (Å²) in [6.07, 6.45) is -0.661. The van der Waals surface area contributed by atoms with E-state index < -0.39 is 9.96 Å². The number of carbonyl (C=O) groups is 1. The first-order valence-electron chi connectivity index (χ1n) is 7.37. The van der Waals surface area contributed by atoms with E-state index in [1.807, 2.05) is 52.0 Å². The summed E-state index contributed by atoms with van der Waals surface area (Å²) in [4.78, 5) is 12.1. The number of alkyl halides is 3. The molecule has 0 radical (unpaired) electrons. The van der Waals surface area contributed by atoms with Gasteiger partial charge < -0.3 is 16.0 Å². The Labute approximate surface area is 163 Å². The molecule has 0 fully saturated rings. The number of amides is 1. The largest absolute Gasteiger partial charge is 0.339 e. The molecule has 0 saturated carbocycles. The molecule has 0 bridgehead atoms. The minimum atomic E-state index is -1.76. The lowest BCUT2D eigenvalue weighted by molar-refractivity contribution is -0.123. The van der Waals surface area contributed by atoms with Crippen LogP contribution in [-0.4, -0.2) is 21.0 Å².